The Morgan fingerprint density at radius 3 is 2.44 bits per heavy atom. The summed E-state index contributed by atoms with van der Waals surface area (Å²) in [6.07, 6.45) is 1.68. The second kappa shape index (κ2) is 11.1. The first-order valence-electron chi connectivity index (χ1n) is 10.5. The molecule has 6 nitrogen and oxygen atoms in total. The lowest BCUT2D eigenvalue weighted by Crippen LogP contribution is -2.32. The molecule has 1 aliphatic heterocycles. The molecule has 0 spiro atoms. The van der Waals surface area contributed by atoms with Gasteiger partial charge in [-0.1, -0.05) is 48.0 Å². The van der Waals surface area contributed by atoms with Crippen LogP contribution in [0, 0.1) is 0 Å². The molecule has 0 aromatic heterocycles. The van der Waals surface area contributed by atoms with Crippen LogP contribution in [-0.4, -0.2) is 36.3 Å². The van der Waals surface area contributed by atoms with Crippen molar-refractivity contribution >= 4 is 40.6 Å². The first kappa shape index (κ1) is 23.7. The molecular weight excluding hydrogens is 474 g/mol. The lowest BCUT2D eigenvalue weighted by molar-refractivity contribution is -0.123. The van der Waals surface area contributed by atoms with Gasteiger partial charge in [-0.2, -0.15) is 0 Å². The molecule has 1 saturated heterocycles. The fourth-order valence-electron chi connectivity index (χ4n) is 3.26. The Morgan fingerprint density at radius 1 is 0.941 bits per heavy atom. The lowest BCUT2D eigenvalue weighted by atomic mass is 10.1. The average Bonchev–Trinajstić information content (AvgIpc) is 3.12. The molecular formula is C26H22ClNO5S. The molecule has 34 heavy (non-hydrogen) atoms. The molecule has 0 radical (unpaired) electrons. The second-order valence-corrected chi connectivity index (χ2v) is 8.75. The third kappa shape index (κ3) is 5.92. The van der Waals surface area contributed by atoms with Crippen LogP contribution < -0.4 is 14.2 Å². The average molecular weight is 496 g/mol. The molecule has 0 bridgehead atoms. The molecule has 1 fully saturated rings. The number of rotatable bonds is 9. The molecule has 8 heteroatoms. The van der Waals surface area contributed by atoms with Gasteiger partial charge in [-0.05, 0) is 65.4 Å². The van der Waals surface area contributed by atoms with Crippen molar-refractivity contribution in [2.45, 2.75) is 6.61 Å². The minimum atomic E-state index is -0.349. The Balaban J connectivity index is 1.39. The first-order chi connectivity index (χ1) is 16.5. The Labute approximate surface area is 207 Å². The van der Waals surface area contributed by atoms with Crippen molar-refractivity contribution in [3.05, 3.63) is 93.9 Å². The van der Waals surface area contributed by atoms with Gasteiger partial charge in [0.1, 0.15) is 19.0 Å². The number of imide groups is 1. The van der Waals surface area contributed by atoms with E-state index in [9.17, 15) is 9.59 Å². The van der Waals surface area contributed by atoms with Crippen LogP contribution in [-0.2, 0) is 11.4 Å². The number of methoxy groups -OCH3 is 1. The monoisotopic (exact) mass is 495 g/mol. The number of benzene rings is 3. The largest absolute Gasteiger partial charge is 0.493 e. The van der Waals surface area contributed by atoms with E-state index >= 15 is 0 Å². The molecule has 0 unspecified atom stereocenters. The number of halogens is 1. The van der Waals surface area contributed by atoms with Crippen molar-refractivity contribution in [3.63, 3.8) is 0 Å². The summed E-state index contributed by atoms with van der Waals surface area (Å²) in [5.74, 6) is 1.41. The van der Waals surface area contributed by atoms with E-state index in [4.69, 9.17) is 25.8 Å². The zero-order chi connectivity index (χ0) is 23.9. The summed E-state index contributed by atoms with van der Waals surface area (Å²) < 4.78 is 17.0. The summed E-state index contributed by atoms with van der Waals surface area (Å²) in [7, 11) is 1.56. The molecule has 1 heterocycles. The number of thioether (sulfide) groups is 1. The SMILES string of the molecule is COc1cc(/C=C2\SC(=O)N(CCOc3ccc(Cl)cc3)C2=O)ccc1OCc1ccccc1. The molecule has 0 saturated carbocycles. The highest BCUT2D eigenvalue weighted by molar-refractivity contribution is 8.18. The van der Waals surface area contributed by atoms with Crippen molar-refractivity contribution in [2.24, 2.45) is 0 Å². The Kier molecular flexibility index (Phi) is 7.77. The van der Waals surface area contributed by atoms with Crippen LogP contribution in [0.2, 0.25) is 5.02 Å². The van der Waals surface area contributed by atoms with Crippen molar-refractivity contribution < 1.29 is 23.8 Å². The van der Waals surface area contributed by atoms with E-state index in [1.165, 1.54) is 4.90 Å². The van der Waals surface area contributed by atoms with Crippen molar-refractivity contribution in [1.82, 2.24) is 4.90 Å². The maximum atomic E-state index is 12.8. The van der Waals surface area contributed by atoms with Gasteiger partial charge in [-0.25, -0.2) is 0 Å². The summed E-state index contributed by atoms with van der Waals surface area (Å²) in [5.41, 5.74) is 1.77. The summed E-state index contributed by atoms with van der Waals surface area (Å²) in [5, 5.41) is 0.279. The minimum absolute atomic E-state index is 0.153. The van der Waals surface area contributed by atoms with Crippen LogP contribution in [0.15, 0.2) is 77.7 Å². The molecule has 1 aliphatic rings. The molecule has 0 N–H and O–H groups in total. The highest BCUT2D eigenvalue weighted by Crippen LogP contribution is 2.34. The standard InChI is InChI=1S/C26H22ClNO5S/c1-31-23-15-19(7-12-22(23)33-17-18-5-3-2-4-6-18)16-24-25(29)28(26(30)34-24)13-14-32-21-10-8-20(27)9-11-21/h2-12,15-16H,13-14,17H2,1H3/b24-16-. The topological polar surface area (TPSA) is 65.1 Å². The third-order valence-electron chi connectivity index (χ3n) is 4.99. The van der Waals surface area contributed by atoms with E-state index in [2.05, 4.69) is 0 Å². The molecule has 0 atom stereocenters. The maximum Gasteiger partial charge on any atom is 0.293 e. The molecule has 0 aliphatic carbocycles. The predicted octanol–water partition coefficient (Wildman–Crippen LogP) is 6.04. The number of carbonyl (C=O) groups excluding carboxylic acids is 2. The van der Waals surface area contributed by atoms with Gasteiger partial charge in [0, 0.05) is 5.02 Å². The smallest absolute Gasteiger partial charge is 0.293 e. The van der Waals surface area contributed by atoms with Crippen LogP contribution in [0.5, 0.6) is 17.2 Å². The number of hydrogen-bond acceptors (Lipinski definition) is 6. The number of carbonyl (C=O) groups is 2. The fourth-order valence-corrected chi connectivity index (χ4v) is 4.25. The van der Waals surface area contributed by atoms with Crippen LogP contribution >= 0.6 is 23.4 Å². The van der Waals surface area contributed by atoms with E-state index in [0.717, 1.165) is 22.9 Å². The van der Waals surface area contributed by atoms with Crippen molar-refractivity contribution in [3.8, 4) is 17.2 Å². The van der Waals surface area contributed by atoms with Gasteiger partial charge >= 0.3 is 0 Å². The van der Waals surface area contributed by atoms with Crippen molar-refractivity contribution in [2.75, 3.05) is 20.3 Å². The predicted molar refractivity (Wildman–Crippen MR) is 133 cm³/mol. The van der Waals surface area contributed by atoms with Crippen LogP contribution in [0.4, 0.5) is 4.79 Å². The summed E-state index contributed by atoms with van der Waals surface area (Å²) in [6.45, 7) is 0.752. The third-order valence-corrected chi connectivity index (χ3v) is 6.15. The fraction of sp³-hybridized carbons (Fsp3) is 0.154. The van der Waals surface area contributed by atoms with Gasteiger partial charge in [-0.3, -0.25) is 14.5 Å². The van der Waals surface area contributed by atoms with Gasteiger partial charge in [0.25, 0.3) is 11.1 Å². The molecule has 4 rings (SSSR count). The van der Waals surface area contributed by atoms with Gasteiger partial charge in [-0.15, -0.1) is 0 Å². The Bertz CT molecular complexity index is 1200. The minimum Gasteiger partial charge on any atom is -0.493 e. The van der Waals surface area contributed by atoms with E-state index in [-0.39, 0.29) is 24.3 Å². The quantitative estimate of drug-likeness (QED) is 0.337. The maximum absolute atomic E-state index is 12.8. The molecule has 3 aromatic carbocycles. The first-order valence-corrected chi connectivity index (χ1v) is 11.7. The van der Waals surface area contributed by atoms with Gasteiger partial charge in [0.15, 0.2) is 11.5 Å². The van der Waals surface area contributed by atoms with Crippen LogP contribution in [0.25, 0.3) is 6.08 Å². The Morgan fingerprint density at radius 2 is 1.71 bits per heavy atom. The number of ether oxygens (including phenoxy) is 3. The van der Waals surface area contributed by atoms with E-state index in [0.29, 0.717) is 33.8 Å². The number of nitrogens with zero attached hydrogens (tertiary/aromatic N) is 1. The van der Waals surface area contributed by atoms with Gasteiger partial charge < -0.3 is 14.2 Å². The molecule has 174 valence electrons. The summed E-state index contributed by atoms with van der Waals surface area (Å²) in [6, 6.07) is 22.1. The highest BCUT2D eigenvalue weighted by Gasteiger charge is 2.34. The van der Waals surface area contributed by atoms with Crippen molar-refractivity contribution in [1.29, 1.82) is 0 Å². The zero-order valence-corrected chi connectivity index (χ0v) is 20.0. The van der Waals surface area contributed by atoms with E-state index in [1.54, 1.807) is 49.6 Å². The van der Waals surface area contributed by atoms with Crippen LogP contribution in [0.1, 0.15) is 11.1 Å². The normalized spacial score (nSPS) is 14.5. The molecule has 3 aromatic rings. The zero-order valence-electron chi connectivity index (χ0n) is 18.4. The van der Waals surface area contributed by atoms with E-state index < -0.39 is 0 Å². The highest BCUT2D eigenvalue weighted by atomic mass is 35.5. The number of hydrogen-bond donors (Lipinski definition) is 0. The van der Waals surface area contributed by atoms with E-state index in [1.807, 2.05) is 36.4 Å². The number of amides is 2. The second-order valence-electron chi connectivity index (χ2n) is 7.32. The van der Waals surface area contributed by atoms with Gasteiger partial charge in [0.2, 0.25) is 0 Å². The summed E-state index contributed by atoms with van der Waals surface area (Å²) in [4.78, 5) is 26.7. The molecule has 2 amide bonds. The van der Waals surface area contributed by atoms with Crippen LogP contribution in [0.3, 0.4) is 0 Å². The summed E-state index contributed by atoms with van der Waals surface area (Å²) >= 11 is 6.77. The lowest BCUT2D eigenvalue weighted by Gasteiger charge is -2.13. The van der Waals surface area contributed by atoms with Gasteiger partial charge in [0.05, 0.1) is 18.6 Å². The Hall–Kier alpha value is -3.42.